The third-order valence-corrected chi connectivity index (χ3v) is 4.45. The summed E-state index contributed by atoms with van der Waals surface area (Å²) in [6, 6.07) is 5.88. The van der Waals surface area contributed by atoms with E-state index in [9.17, 15) is 0 Å². The molecule has 27 heavy (non-hydrogen) atoms. The van der Waals surface area contributed by atoms with Gasteiger partial charge in [0.1, 0.15) is 0 Å². The van der Waals surface area contributed by atoms with Gasteiger partial charge in [-0.15, -0.1) is 0 Å². The van der Waals surface area contributed by atoms with Gasteiger partial charge in [-0.2, -0.15) is 0 Å². The van der Waals surface area contributed by atoms with Crippen molar-refractivity contribution in [2.24, 2.45) is 4.99 Å². The fraction of sp³-hybridized carbons (Fsp3) is 0.650. The Morgan fingerprint density at radius 1 is 1.15 bits per heavy atom. The maximum absolute atomic E-state index is 5.90. The smallest absolute Gasteiger partial charge is 0.195 e. The molecule has 2 N–H and O–H groups in total. The topological polar surface area (TPSA) is 73.3 Å². The Bertz CT molecular complexity index is 603. The molecule has 2 aliphatic heterocycles. The molecule has 1 fully saturated rings. The average molecular weight is 377 g/mol. The first kappa shape index (κ1) is 19.8. The van der Waals surface area contributed by atoms with E-state index in [1.807, 2.05) is 18.2 Å². The molecule has 3 rings (SSSR count). The first-order chi connectivity index (χ1) is 13.3. The van der Waals surface area contributed by atoms with Gasteiger partial charge in [0.2, 0.25) is 0 Å². The van der Waals surface area contributed by atoms with Gasteiger partial charge in [0, 0.05) is 51.1 Å². The van der Waals surface area contributed by atoms with E-state index in [1.165, 1.54) is 0 Å². The lowest BCUT2D eigenvalue weighted by atomic mass is 10.1. The van der Waals surface area contributed by atoms with E-state index in [0.29, 0.717) is 25.9 Å². The predicted molar refractivity (Wildman–Crippen MR) is 106 cm³/mol. The summed E-state index contributed by atoms with van der Waals surface area (Å²) < 4.78 is 22.7. The average Bonchev–Trinajstić information content (AvgIpc) is 2.93. The normalized spacial score (nSPS) is 18.0. The summed E-state index contributed by atoms with van der Waals surface area (Å²) in [4.78, 5) is 4.64. The number of aliphatic imine (C=N–C) groups is 1. The van der Waals surface area contributed by atoms with Gasteiger partial charge in [0.05, 0.1) is 19.3 Å². The lowest BCUT2D eigenvalue weighted by Crippen LogP contribution is -2.31. The fourth-order valence-corrected chi connectivity index (χ4v) is 3.03. The molecule has 0 saturated carbocycles. The molecule has 0 atom stereocenters. The van der Waals surface area contributed by atoms with Crippen molar-refractivity contribution in [2.75, 3.05) is 51.4 Å². The van der Waals surface area contributed by atoms with Gasteiger partial charge < -0.3 is 29.6 Å². The predicted octanol–water partition coefficient (Wildman–Crippen LogP) is 2.81. The van der Waals surface area contributed by atoms with Crippen LogP contribution < -0.4 is 20.1 Å². The first-order valence-electron chi connectivity index (χ1n) is 9.99. The zero-order valence-electron chi connectivity index (χ0n) is 16.2. The van der Waals surface area contributed by atoms with Crippen molar-refractivity contribution in [1.82, 2.24) is 5.32 Å². The minimum absolute atomic E-state index is 0.343. The molecule has 0 radical (unpaired) electrons. The van der Waals surface area contributed by atoms with Gasteiger partial charge >= 0.3 is 0 Å². The first-order valence-corrected chi connectivity index (χ1v) is 9.99. The largest absolute Gasteiger partial charge is 0.490 e. The Kier molecular flexibility index (Phi) is 8.04. The van der Waals surface area contributed by atoms with E-state index in [1.54, 1.807) is 0 Å². The molecular formula is C20H31N3O4. The summed E-state index contributed by atoms with van der Waals surface area (Å²) in [5.41, 5.74) is 0.928. The second kappa shape index (κ2) is 11.0. The SMILES string of the molecule is CCNC(=NCCCOC1CCOCC1)Nc1ccc2c(c1)OCCCO2. The van der Waals surface area contributed by atoms with Crippen molar-refractivity contribution in [2.45, 2.75) is 38.7 Å². The molecule has 1 saturated heterocycles. The summed E-state index contributed by atoms with van der Waals surface area (Å²) in [5, 5.41) is 6.61. The van der Waals surface area contributed by atoms with Crippen molar-refractivity contribution in [1.29, 1.82) is 0 Å². The lowest BCUT2D eigenvalue weighted by molar-refractivity contribution is -0.0318. The molecule has 0 aliphatic carbocycles. The van der Waals surface area contributed by atoms with Crippen LogP contribution >= 0.6 is 0 Å². The number of nitrogens with zero attached hydrogens (tertiary/aromatic N) is 1. The van der Waals surface area contributed by atoms with E-state index in [2.05, 4.69) is 22.5 Å². The van der Waals surface area contributed by atoms with Gasteiger partial charge in [-0.05, 0) is 38.3 Å². The number of ether oxygens (including phenoxy) is 4. The van der Waals surface area contributed by atoms with Gasteiger partial charge in [0.15, 0.2) is 17.5 Å². The molecule has 150 valence electrons. The third kappa shape index (κ3) is 6.59. The zero-order valence-corrected chi connectivity index (χ0v) is 16.2. The molecule has 1 aromatic carbocycles. The van der Waals surface area contributed by atoms with Gasteiger partial charge in [-0.25, -0.2) is 0 Å². The molecule has 2 aliphatic rings. The molecular weight excluding hydrogens is 346 g/mol. The standard InChI is InChI=1S/C20H31N3O4/c1-2-21-20(22-9-3-10-25-17-7-13-24-14-8-17)23-16-5-6-18-19(15-16)27-12-4-11-26-18/h5-6,15,17H,2-4,7-14H2,1H3,(H2,21,22,23). The van der Waals surface area contributed by atoms with Gasteiger partial charge in [-0.3, -0.25) is 4.99 Å². The molecule has 0 amide bonds. The van der Waals surface area contributed by atoms with Crippen LogP contribution in [0.4, 0.5) is 5.69 Å². The number of rotatable bonds is 7. The van der Waals surface area contributed by atoms with Crippen LogP contribution in [0, 0.1) is 0 Å². The van der Waals surface area contributed by atoms with Crippen molar-refractivity contribution in [3.8, 4) is 11.5 Å². The summed E-state index contributed by atoms with van der Waals surface area (Å²) in [6.07, 6.45) is 4.14. The summed E-state index contributed by atoms with van der Waals surface area (Å²) in [5.74, 6) is 2.33. The summed E-state index contributed by atoms with van der Waals surface area (Å²) in [6.45, 7) is 7.30. The van der Waals surface area contributed by atoms with Crippen molar-refractivity contribution < 1.29 is 18.9 Å². The summed E-state index contributed by atoms with van der Waals surface area (Å²) >= 11 is 0. The van der Waals surface area contributed by atoms with E-state index in [4.69, 9.17) is 18.9 Å². The Hall–Kier alpha value is -1.99. The van der Waals surface area contributed by atoms with Gasteiger partial charge in [-0.1, -0.05) is 0 Å². The van der Waals surface area contributed by atoms with Crippen LogP contribution in [0.15, 0.2) is 23.2 Å². The maximum Gasteiger partial charge on any atom is 0.195 e. The highest BCUT2D eigenvalue weighted by Crippen LogP contribution is 2.32. The van der Waals surface area contributed by atoms with Crippen LogP contribution in [-0.2, 0) is 9.47 Å². The van der Waals surface area contributed by atoms with E-state index in [0.717, 1.165) is 75.2 Å². The van der Waals surface area contributed by atoms with Crippen molar-refractivity contribution in [3.63, 3.8) is 0 Å². The molecule has 1 aromatic rings. The molecule has 7 heteroatoms. The number of hydrogen-bond acceptors (Lipinski definition) is 5. The van der Waals surface area contributed by atoms with Crippen molar-refractivity contribution in [3.05, 3.63) is 18.2 Å². The molecule has 7 nitrogen and oxygen atoms in total. The Balaban J connectivity index is 1.47. The van der Waals surface area contributed by atoms with E-state index >= 15 is 0 Å². The number of guanidine groups is 1. The molecule has 2 heterocycles. The molecule has 0 aromatic heterocycles. The van der Waals surface area contributed by atoms with Crippen LogP contribution in [-0.4, -0.2) is 58.2 Å². The summed E-state index contributed by atoms with van der Waals surface area (Å²) in [7, 11) is 0. The minimum Gasteiger partial charge on any atom is -0.490 e. The number of fused-ring (bicyclic) bond motifs is 1. The van der Waals surface area contributed by atoms with Crippen LogP contribution in [0.1, 0.15) is 32.6 Å². The number of benzene rings is 1. The molecule has 0 unspecified atom stereocenters. The number of anilines is 1. The van der Waals surface area contributed by atoms with Crippen LogP contribution in [0.2, 0.25) is 0 Å². The third-order valence-electron chi connectivity index (χ3n) is 4.45. The molecule has 0 bridgehead atoms. The fourth-order valence-electron chi connectivity index (χ4n) is 3.03. The number of nitrogens with one attached hydrogen (secondary N) is 2. The lowest BCUT2D eigenvalue weighted by Gasteiger charge is -2.22. The van der Waals surface area contributed by atoms with Crippen LogP contribution in [0.5, 0.6) is 11.5 Å². The monoisotopic (exact) mass is 377 g/mol. The van der Waals surface area contributed by atoms with Crippen molar-refractivity contribution >= 4 is 11.6 Å². The highest BCUT2D eigenvalue weighted by Gasteiger charge is 2.13. The maximum atomic E-state index is 5.90. The quantitative estimate of drug-likeness (QED) is 0.432. The zero-order chi connectivity index (χ0) is 18.7. The Morgan fingerprint density at radius 2 is 1.96 bits per heavy atom. The van der Waals surface area contributed by atoms with Gasteiger partial charge in [0.25, 0.3) is 0 Å². The highest BCUT2D eigenvalue weighted by atomic mass is 16.5. The van der Waals surface area contributed by atoms with E-state index < -0.39 is 0 Å². The van der Waals surface area contributed by atoms with E-state index in [-0.39, 0.29) is 0 Å². The second-order valence-electron chi connectivity index (χ2n) is 6.63. The minimum atomic E-state index is 0.343. The van der Waals surface area contributed by atoms with Crippen LogP contribution in [0.3, 0.4) is 0 Å². The number of hydrogen-bond donors (Lipinski definition) is 2. The Labute approximate surface area is 161 Å². The highest BCUT2D eigenvalue weighted by molar-refractivity contribution is 5.93. The Morgan fingerprint density at radius 3 is 2.78 bits per heavy atom. The molecule has 0 spiro atoms. The van der Waals surface area contributed by atoms with Crippen LogP contribution in [0.25, 0.3) is 0 Å². The second-order valence-corrected chi connectivity index (χ2v) is 6.63.